The highest BCUT2D eigenvalue weighted by atomic mass is 35.5. The maximum Gasteiger partial charge on any atom is 0.227 e. The number of hydrogen-bond acceptors (Lipinski definition) is 3. The molecule has 1 amide bonds. The van der Waals surface area contributed by atoms with Crippen LogP contribution in [0.3, 0.4) is 0 Å². The summed E-state index contributed by atoms with van der Waals surface area (Å²) < 4.78 is 0. The molecule has 6 heteroatoms. The van der Waals surface area contributed by atoms with Crippen LogP contribution in [0.4, 0.5) is 0 Å². The van der Waals surface area contributed by atoms with Crippen LogP contribution in [-0.2, 0) is 11.2 Å². The van der Waals surface area contributed by atoms with Gasteiger partial charge < -0.3 is 10.1 Å². The van der Waals surface area contributed by atoms with Crippen molar-refractivity contribution in [2.24, 2.45) is 11.1 Å². The molecular weight excluding hydrogens is 311 g/mol. The van der Waals surface area contributed by atoms with Gasteiger partial charge in [0.1, 0.15) is 0 Å². The molecule has 21 heavy (non-hydrogen) atoms. The van der Waals surface area contributed by atoms with E-state index >= 15 is 0 Å². The van der Waals surface area contributed by atoms with Crippen LogP contribution >= 0.6 is 23.2 Å². The lowest BCUT2D eigenvalue weighted by atomic mass is 9.93. The van der Waals surface area contributed by atoms with Gasteiger partial charge in [0.05, 0.1) is 22.2 Å². The molecule has 0 bridgehead atoms. The smallest absolute Gasteiger partial charge is 0.227 e. The molecule has 1 aromatic carbocycles. The summed E-state index contributed by atoms with van der Waals surface area (Å²) in [6.45, 7) is 3.23. The highest BCUT2D eigenvalue weighted by Gasteiger charge is 2.27. The third kappa shape index (κ3) is 3.89. The van der Waals surface area contributed by atoms with Gasteiger partial charge in [0.25, 0.3) is 0 Å². The van der Waals surface area contributed by atoms with Gasteiger partial charge in [-0.05, 0) is 24.1 Å². The summed E-state index contributed by atoms with van der Waals surface area (Å²) in [5.74, 6) is 0.199. The lowest BCUT2D eigenvalue weighted by molar-refractivity contribution is -0.131. The third-order valence-electron chi connectivity index (χ3n) is 3.86. The summed E-state index contributed by atoms with van der Waals surface area (Å²) in [5.41, 5.74) is 1.64. The second kappa shape index (κ2) is 7.14. The van der Waals surface area contributed by atoms with E-state index in [9.17, 15) is 4.79 Å². The Hall–Kier alpha value is -1.26. The Morgan fingerprint density at radius 1 is 1.43 bits per heavy atom. The first-order valence-electron chi connectivity index (χ1n) is 6.97. The lowest BCUT2D eigenvalue weighted by Crippen LogP contribution is -2.44. The maximum atomic E-state index is 12.4. The zero-order valence-electron chi connectivity index (χ0n) is 11.9. The Bertz CT molecular complexity index is 561. The predicted molar refractivity (Wildman–Crippen MR) is 84.4 cm³/mol. The molecule has 1 aliphatic heterocycles. The number of rotatable bonds is 3. The molecule has 114 valence electrons. The molecule has 2 rings (SSSR count). The minimum Gasteiger partial charge on any atom is -0.411 e. The standard InChI is InChI=1S/C15H18Cl2N2O2/c1-2-11-9-19(6-5-14(11)18-21)15(20)8-10-3-4-12(16)13(17)7-10/h3-4,7,11,21H,2,5-6,8-9H2,1H3/b18-14+. The number of piperidine rings is 1. The number of hydrogen-bond donors (Lipinski definition) is 1. The number of benzene rings is 1. The third-order valence-corrected chi connectivity index (χ3v) is 4.60. The Kier molecular flexibility index (Phi) is 5.48. The van der Waals surface area contributed by atoms with Crippen molar-refractivity contribution in [3.8, 4) is 0 Å². The quantitative estimate of drug-likeness (QED) is 0.680. The van der Waals surface area contributed by atoms with Crippen LogP contribution in [0.15, 0.2) is 23.4 Å². The molecule has 1 unspecified atom stereocenters. The van der Waals surface area contributed by atoms with Gasteiger partial charge in [-0.1, -0.05) is 41.3 Å². The average molecular weight is 329 g/mol. The highest BCUT2D eigenvalue weighted by Crippen LogP contribution is 2.24. The van der Waals surface area contributed by atoms with E-state index in [2.05, 4.69) is 5.16 Å². The molecule has 0 aromatic heterocycles. The van der Waals surface area contributed by atoms with Crippen LogP contribution < -0.4 is 0 Å². The summed E-state index contributed by atoms with van der Waals surface area (Å²) in [4.78, 5) is 14.2. The van der Waals surface area contributed by atoms with Crippen molar-refractivity contribution >= 4 is 34.8 Å². The van der Waals surface area contributed by atoms with E-state index in [-0.39, 0.29) is 11.8 Å². The topological polar surface area (TPSA) is 52.9 Å². The first kappa shape index (κ1) is 16.1. The molecule has 1 saturated heterocycles. The largest absolute Gasteiger partial charge is 0.411 e. The zero-order valence-corrected chi connectivity index (χ0v) is 13.4. The SMILES string of the molecule is CCC1CN(C(=O)Cc2ccc(Cl)c(Cl)c2)CC/C1=N\O. The Labute approximate surface area is 134 Å². The molecule has 1 aromatic rings. The minimum absolute atomic E-state index is 0.0591. The van der Waals surface area contributed by atoms with Gasteiger partial charge in [-0.3, -0.25) is 4.79 Å². The van der Waals surface area contributed by atoms with Crippen LogP contribution in [0.2, 0.25) is 10.0 Å². The minimum atomic E-state index is 0.0591. The van der Waals surface area contributed by atoms with E-state index in [1.807, 2.05) is 17.9 Å². The molecular formula is C15H18Cl2N2O2. The fourth-order valence-corrected chi connectivity index (χ4v) is 2.90. The Balaban J connectivity index is 2.02. The summed E-state index contributed by atoms with van der Waals surface area (Å²) in [7, 11) is 0. The summed E-state index contributed by atoms with van der Waals surface area (Å²) in [6.07, 6.45) is 1.79. The zero-order chi connectivity index (χ0) is 15.4. The van der Waals surface area contributed by atoms with Gasteiger partial charge in [-0.2, -0.15) is 0 Å². The molecule has 1 atom stereocenters. The molecule has 0 radical (unpaired) electrons. The second-order valence-corrected chi connectivity index (χ2v) is 6.03. The number of likely N-dealkylation sites (tertiary alicyclic amines) is 1. The number of halogens is 2. The first-order chi connectivity index (χ1) is 10.0. The second-order valence-electron chi connectivity index (χ2n) is 5.21. The van der Waals surface area contributed by atoms with Gasteiger partial charge in [-0.25, -0.2) is 0 Å². The Morgan fingerprint density at radius 2 is 2.19 bits per heavy atom. The average Bonchev–Trinajstić information content (AvgIpc) is 2.50. The predicted octanol–water partition coefficient (Wildman–Crippen LogP) is 3.62. The highest BCUT2D eigenvalue weighted by molar-refractivity contribution is 6.42. The van der Waals surface area contributed by atoms with Crippen LogP contribution in [0, 0.1) is 5.92 Å². The fraction of sp³-hybridized carbons (Fsp3) is 0.467. The van der Waals surface area contributed by atoms with E-state index in [1.165, 1.54) is 0 Å². The first-order valence-corrected chi connectivity index (χ1v) is 7.73. The number of amides is 1. The van der Waals surface area contributed by atoms with Gasteiger partial charge in [0.15, 0.2) is 0 Å². The number of carbonyl (C=O) groups excluding carboxylic acids is 1. The summed E-state index contributed by atoms with van der Waals surface area (Å²) in [5, 5.41) is 13.3. The molecule has 1 N–H and O–H groups in total. The summed E-state index contributed by atoms with van der Waals surface area (Å²) >= 11 is 11.8. The van der Waals surface area contributed by atoms with Crippen molar-refractivity contribution < 1.29 is 10.0 Å². The van der Waals surface area contributed by atoms with Crippen molar-refractivity contribution in [2.75, 3.05) is 13.1 Å². The van der Waals surface area contributed by atoms with Crippen molar-refractivity contribution in [2.45, 2.75) is 26.2 Å². The van der Waals surface area contributed by atoms with Crippen molar-refractivity contribution in [3.63, 3.8) is 0 Å². The number of carbonyl (C=O) groups is 1. The Morgan fingerprint density at radius 3 is 2.81 bits per heavy atom. The van der Waals surface area contributed by atoms with E-state index in [4.69, 9.17) is 28.4 Å². The fourth-order valence-electron chi connectivity index (χ4n) is 2.58. The van der Waals surface area contributed by atoms with Gasteiger partial charge in [-0.15, -0.1) is 0 Å². The molecule has 4 nitrogen and oxygen atoms in total. The normalized spacial score (nSPS) is 20.8. The molecule has 0 aliphatic carbocycles. The number of oxime groups is 1. The number of nitrogens with zero attached hydrogens (tertiary/aromatic N) is 2. The van der Waals surface area contributed by atoms with Crippen molar-refractivity contribution in [1.82, 2.24) is 4.90 Å². The van der Waals surface area contributed by atoms with E-state index in [0.29, 0.717) is 36.0 Å². The van der Waals surface area contributed by atoms with Crippen molar-refractivity contribution in [3.05, 3.63) is 33.8 Å². The maximum absolute atomic E-state index is 12.4. The van der Waals surface area contributed by atoms with Gasteiger partial charge >= 0.3 is 0 Å². The van der Waals surface area contributed by atoms with Crippen LogP contribution in [0.5, 0.6) is 0 Å². The van der Waals surface area contributed by atoms with Crippen LogP contribution in [-0.4, -0.2) is 34.8 Å². The molecule has 0 saturated carbocycles. The van der Waals surface area contributed by atoms with Gasteiger partial charge in [0, 0.05) is 25.4 Å². The molecule has 1 fully saturated rings. The van der Waals surface area contributed by atoms with E-state index < -0.39 is 0 Å². The lowest BCUT2D eigenvalue weighted by Gasteiger charge is -2.33. The molecule has 0 spiro atoms. The monoisotopic (exact) mass is 328 g/mol. The molecule has 1 heterocycles. The van der Waals surface area contributed by atoms with Crippen LogP contribution in [0.25, 0.3) is 0 Å². The van der Waals surface area contributed by atoms with Crippen LogP contribution in [0.1, 0.15) is 25.3 Å². The van der Waals surface area contributed by atoms with Gasteiger partial charge in [0.2, 0.25) is 5.91 Å². The van der Waals surface area contributed by atoms with Crippen molar-refractivity contribution in [1.29, 1.82) is 0 Å². The molecule has 1 aliphatic rings. The van der Waals surface area contributed by atoms with E-state index in [1.54, 1.807) is 12.1 Å². The summed E-state index contributed by atoms with van der Waals surface area (Å²) in [6, 6.07) is 5.24. The van der Waals surface area contributed by atoms with E-state index in [0.717, 1.165) is 17.7 Å².